The van der Waals surface area contributed by atoms with Crippen LogP contribution >= 0.6 is 15.9 Å². The van der Waals surface area contributed by atoms with Gasteiger partial charge in [-0.2, -0.15) is 0 Å². The number of benzene rings is 2. The largest absolute Gasteiger partial charge is 0.483 e. The number of ether oxygens (including phenoxy) is 2. The maximum Gasteiger partial charge on any atom is 0.337 e. The van der Waals surface area contributed by atoms with E-state index in [0.717, 1.165) is 11.1 Å². The molecule has 0 aliphatic carbocycles. The zero-order valence-electron chi connectivity index (χ0n) is 15.1. The average Bonchev–Trinajstić information content (AvgIpc) is 2.62. The van der Waals surface area contributed by atoms with Gasteiger partial charge in [-0.15, -0.1) is 0 Å². The van der Waals surface area contributed by atoms with E-state index in [1.54, 1.807) is 6.07 Å². The summed E-state index contributed by atoms with van der Waals surface area (Å²) in [5.74, 6) is -0.740. The van der Waals surface area contributed by atoms with Crippen molar-refractivity contribution in [3.8, 4) is 5.75 Å². The number of nitrogens with one attached hydrogen (secondary N) is 2. The first-order valence-corrected chi connectivity index (χ1v) is 8.78. The minimum Gasteiger partial charge on any atom is -0.483 e. The first-order valence-electron chi connectivity index (χ1n) is 7.99. The molecule has 0 unspecified atom stereocenters. The Kier molecular flexibility index (Phi) is 6.95. The van der Waals surface area contributed by atoms with Crippen molar-refractivity contribution in [2.45, 2.75) is 13.8 Å². The zero-order chi connectivity index (χ0) is 20.0. The molecule has 0 saturated heterocycles. The Morgan fingerprint density at radius 1 is 1.04 bits per heavy atom. The van der Waals surface area contributed by atoms with Crippen LogP contribution in [0.25, 0.3) is 0 Å². The molecule has 0 saturated carbocycles. The van der Waals surface area contributed by atoms with Crippen LogP contribution in [0.3, 0.4) is 0 Å². The van der Waals surface area contributed by atoms with Gasteiger partial charge in [0.2, 0.25) is 0 Å². The molecule has 2 rings (SSSR count). The van der Waals surface area contributed by atoms with Gasteiger partial charge in [0.1, 0.15) is 5.75 Å². The van der Waals surface area contributed by atoms with E-state index in [-0.39, 0.29) is 6.61 Å². The molecule has 0 aliphatic rings. The SMILES string of the molecule is COC(=O)c1ccc(OCC(=O)NC(=O)Nc2ccc(C)c(C)c2)c(Br)c1. The summed E-state index contributed by atoms with van der Waals surface area (Å²) < 4.78 is 10.5. The lowest BCUT2D eigenvalue weighted by atomic mass is 10.1. The average molecular weight is 435 g/mol. The van der Waals surface area contributed by atoms with Crippen molar-refractivity contribution in [2.24, 2.45) is 0 Å². The van der Waals surface area contributed by atoms with Crippen LogP contribution in [0.4, 0.5) is 10.5 Å². The van der Waals surface area contributed by atoms with Crippen LogP contribution in [0.1, 0.15) is 21.5 Å². The summed E-state index contributed by atoms with van der Waals surface area (Å²) in [4.78, 5) is 35.2. The lowest BCUT2D eigenvalue weighted by Crippen LogP contribution is -2.37. The summed E-state index contributed by atoms with van der Waals surface area (Å²) >= 11 is 3.26. The molecule has 0 heterocycles. The molecule has 0 atom stereocenters. The fourth-order valence-electron chi connectivity index (χ4n) is 2.15. The van der Waals surface area contributed by atoms with Crippen molar-refractivity contribution >= 4 is 39.5 Å². The molecule has 2 N–H and O–H groups in total. The van der Waals surface area contributed by atoms with Gasteiger partial charge in [0.25, 0.3) is 5.91 Å². The molecule has 0 radical (unpaired) electrons. The number of methoxy groups -OCH3 is 1. The van der Waals surface area contributed by atoms with Gasteiger partial charge >= 0.3 is 12.0 Å². The third kappa shape index (κ3) is 5.82. The molecule has 2 aromatic carbocycles. The smallest absolute Gasteiger partial charge is 0.337 e. The second kappa shape index (κ2) is 9.18. The summed E-state index contributed by atoms with van der Waals surface area (Å²) in [7, 11) is 1.29. The summed E-state index contributed by atoms with van der Waals surface area (Å²) in [5, 5.41) is 4.78. The number of urea groups is 1. The molecule has 3 amide bonds. The van der Waals surface area contributed by atoms with Crippen LogP contribution in [0.15, 0.2) is 40.9 Å². The van der Waals surface area contributed by atoms with Gasteiger partial charge in [-0.05, 0) is 71.2 Å². The summed E-state index contributed by atoms with van der Waals surface area (Å²) in [6, 6.07) is 9.36. The van der Waals surface area contributed by atoms with Gasteiger partial charge in [0.15, 0.2) is 6.61 Å². The first-order chi connectivity index (χ1) is 12.8. The van der Waals surface area contributed by atoms with Crippen molar-refractivity contribution in [3.05, 3.63) is 57.6 Å². The molecule has 8 heteroatoms. The van der Waals surface area contributed by atoms with E-state index >= 15 is 0 Å². The molecule has 7 nitrogen and oxygen atoms in total. The number of imide groups is 1. The van der Waals surface area contributed by atoms with Crippen molar-refractivity contribution in [1.29, 1.82) is 0 Å². The van der Waals surface area contributed by atoms with Crippen LogP contribution in [-0.2, 0) is 9.53 Å². The number of hydrogen-bond donors (Lipinski definition) is 2. The molecule has 142 valence electrons. The van der Waals surface area contributed by atoms with Gasteiger partial charge in [-0.3, -0.25) is 10.1 Å². The number of anilines is 1. The molecule has 0 aromatic heterocycles. The third-order valence-corrected chi connectivity index (χ3v) is 4.35. The maximum absolute atomic E-state index is 11.9. The third-order valence-electron chi connectivity index (χ3n) is 3.73. The highest BCUT2D eigenvalue weighted by Crippen LogP contribution is 2.26. The Hall–Kier alpha value is -2.87. The maximum atomic E-state index is 11.9. The quantitative estimate of drug-likeness (QED) is 0.701. The van der Waals surface area contributed by atoms with Crippen molar-refractivity contribution in [1.82, 2.24) is 5.32 Å². The number of amides is 3. The zero-order valence-corrected chi connectivity index (χ0v) is 16.7. The Labute approximate surface area is 165 Å². The van der Waals surface area contributed by atoms with E-state index in [0.29, 0.717) is 21.5 Å². The van der Waals surface area contributed by atoms with Crippen molar-refractivity contribution in [3.63, 3.8) is 0 Å². The Morgan fingerprint density at radius 3 is 2.41 bits per heavy atom. The highest BCUT2D eigenvalue weighted by Gasteiger charge is 2.12. The topological polar surface area (TPSA) is 93.7 Å². The van der Waals surface area contributed by atoms with E-state index in [1.165, 1.54) is 25.3 Å². The summed E-state index contributed by atoms with van der Waals surface area (Å²) in [5.41, 5.74) is 3.07. The van der Waals surface area contributed by atoms with Gasteiger partial charge in [-0.1, -0.05) is 6.07 Å². The summed E-state index contributed by atoms with van der Waals surface area (Å²) in [6.07, 6.45) is 0. The van der Waals surface area contributed by atoms with Crippen LogP contribution in [0.2, 0.25) is 0 Å². The van der Waals surface area contributed by atoms with Crippen molar-refractivity contribution < 1.29 is 23.9 Å². The number of esters is 1. The molecule has 0 bridgehead atoms. The standard InChI is InChI=1S/C19H19BrN2O5/c1-11-4-6-14(8-12(11)2)21-19(25)22-17(23)10-27-16-7-5-13(9-15(16)20)18(24)26-3/h4-9H,10H2,1-3H3,(H2,21,22,23,25). The van der Waals surface area contributed by atoms with Crippen LogP contribution in [0, 0.1) is 13.8 Å². The van der Waals surface area contributed by atoms with E-state index in [4.69, 9.17) is 4.74 Å². The Morgan fingerprint density at radius 2 is 1.78 bits per heavy atom. The number of hydrogen-bond acceptors (Lipinski definition) is 5. The second-order valence-electron chi connectivity index (χ2n) is 5.73. The molecule has 2 aromatic rings. The van der Waals surface area contributed by atoms with Gasteiger partial charge in [0.05, 0.1) is 17.1 Å². The monoisotopic (exact) mass is 434 g/mol. The second-order valence-corrected chi connectivity index (χ2v) is 6.58. The fourth-order valence-corrected chi connectivity index (χ4v) is 2.64. The number of carbonyl (C=O) groups is 3. The molecule has 0 aliphatic heterocycles. The molecular weight excluding hydrogens is 416 g/mol. The van der Waals surface area contributed by atoms with Crippen LogP contribution in [-0.4, -0.2) is 31.6 Å². The van der Waals surface area contributed by atoms with E-state index < -0.39 is 17.9 Å². The lowest BCUT2D eigenvalue weighted by molar-refractivity contribution is -0.121. The predicted molar refractivity (Wildman–Crippen MR) is 104 cm³/mol. The molecule has 0 spiro atoms. The van der Waals surface area contributed by atoms with E-state index in [1.807, 2.05) is 26.0 Å². The highest BCUT2D eigenvalue weighted by atomic mass is 79.9. The lowest BCUT2D eigenvalue weighted by Gasteiger charge is -2.10. The minimum atomic E-state index is -0.646. The van der Waals surface area contributed by atoms with Gasteiger partial charge in [0, 0.05) is 5.69 Å². The Balaban J connectivity index is 1.87. The van der Waals surface area contributed by atoms with Gasteiger partial charge in [-0.25, -0.2) is 9.59 Å². The summed E-state index contributed by atoms with van der Waals surface area (Å²) in [6.45, 7) is 3.53. The highest BCUT2D eigenvalue weighted by molar-refractivity contribution is 9.10. The van der Waals surface area contributed by atoms with Crippen LogP contribution < -0.4 is 15.4 Å². The number of rotatable bonds is 5. The first kappa shape index (κ1) is 20.4. The number of aryl methyl sites for hydroxylation is 2. The molecular formula is C19H19BrN2O5. The molecule has 27 heavy (non-hydrogen) atoms. The molecule has 0 fully saturated rings. The number of halogens is 1. The van der Waals surface area contributed by atoms with E-state index in [9.17, 15) is 14.4 Å². The Bertz CT molecular complexity index is 882. The fraction of sp³-hybridized carbons (Fsp3) is 0.211. The van der Waals surface area contributed by atoms with Gasteiger partial charge < -0.3 is 14.8 Å². The number of carbonyl (C=O) groups excluding carboxylic acids is 3. The minimum absolute atomic E-state index is 0.342. The van der Waals surface area contributed by atoms with Crippen molar-refractivity contribution in [2.75, 3.05) is 19.0 Å². The van der Waals surface area contributed by atoms with Crippen LogP contribution in [0.5, 0.6) is 5.75 Å². The predicted octanol–water partition coefficient (Wildman–Crippen LogP) is 3.58. The van der Waals surface area contributed by atoms with E-state index in [2.05, 4.69) is 31.3 Å². The normalized spacial score (nSPS) is 10.1.